The molecule has 0 aliphatic rings. The molecule has 1 aromatic heterocycles. The van der Waals surface area contributed by atoms with Crippen LogP contribution in [-0.2, 0) is 0 Å². The number of benzene rings is 2. The van der Waals surface area contributed by atoms with Crippen molar-refractivity contribution in [2.45, 2.75) is 13.8 Å². The number of aryl methyl sites for hydroxylation is 1. The highest BCUT2D eigenvalue weighted by Gasteiger charge is 2.14. The Morgan fingerprint density at radius 1 is 0.815 bits per heavy atom. The highest BCUT2D eigenvalue weighted by atomic mass is 35.5. The second-order valence-corrected chi connectivity index (χ2v) is 6.50. The number of carbonyl (C=O) groups is 2. The van der Waals surface area contributed by atoms with Crippen LogP contribution in [0.2, 0.25) is 5.02 Å². The number of hydrogen-bond acceptors (Lipinski definition) is 3. The lowest BCUT2D eigenvalue weighted by atomic mass is 10.2. The van der Waals surface area contributed by atoms with E-state index < -0.39 is 5.91 Å². The van der Waals surface area contributed by atoms with Crippen LogP contribution in [0.25, 0.3) is 0 Å². The Bertz CT molecular complexity index is 1000. The van der Waals surface area contributed by atoms with E-state index in [0.717, 1.165) is 11.1 Å². The van der Waals surface area contributed by atoms with E-state index in [-0.39, 0.29) is 17.3 Å². The van der Waals surface area contributed by atoms with Crippen molar-refractivity contribution >= 4 is 34.8 Å². The van der Waals surface area contributed by atoms with Crippen molar-refractivity contribution in [2.75, 3.05) is 10.6 Å². The van der Waals surface area contributed by atoms with Gasteiger partial charge in [0.15, 0.2) is 0 Å². The molecule has 2 amide bonds. The van der Waals surface area contributed by atoms with Gasteiger partial charge in [0, 0.05) is 16.4 Å². The lowest BCUT2D eigenvalue weighted by molar-refractivity contribution is 0.101. The Hall–Kier alpha value is -3.18. The van der Waals surface area contributed by atoms with Gasteiger partial charge in [-0.15, -0.1) is 0 Å². The fraction of sp³-hybridized carbons (Fsp3) is 0.0952. The molecule has 0 aliphatic heterocycles. The zero-order valence-electron chi connectivity index (χ0n) is 14.9. The molecule has 0 aliphatic carbocycles. The van der Waals surface area contributed by atoms with E-state index >= 15 is 0 Å². The Labute approximate surface area is 162 Å². The van der Waals surface area contributed by atoms with Crippen LogP contribution in [0.1, 0.15) is 32.1 Å². The van der Waals surface area contributed by atoms with Gasteiger partial charge in [-0.25, -0.2) is 4.98 Å². The smallest absolute Gasteiger partial charge is 0.274 e. The summed E-state index contributed by atoms with van der Waals surface area (Å²) in [5, 5.41) is 6.10. The number of rotatable bonds is 4. The Morgan fingerprint density at radius 3 is 2.07 bits per heavy atom. The maximum Gasteiger partial charge on any atom is 0.274 e. The third kappa shape index (κ3) is 4.51. The van der Waals surface area contributed by atoms with Crippen molar-refractivity contribution in [1.82, 2.24) is 4.98 Å². The predicted octanol–water partition coefficient (Wildman–Crippen LogP) is 4.86. The SMILES string of the molecule is Cc1ccc(NC(=O)c2cccc(C(=O)Nc3cccc(Cl)c3C)n2)cc1. The van der Waals surface area contributed by atoms with Crippen molar-refractivity contribution in [1.29, 1.82) is 0 Å². The summed E-state index contributed by atoms with van der Waals surface area (Å²) in [7, 11) is 0. The van der Waals surface area contributed by atoms with Crippen LogP contribution in [0.15, 0.2) is 60.7 Å². The van der Waals surface area contributed by atoms with Gasteiger partial charge in [0.25, 0.3) is 11.8 Å². The second-order valence-electron chi connectivity index (χ2n) is 6.09. The van der Waals surface area contributed by atoms with Crippen LogP contribution in [-0.4, -0.2) is 16.8 Å². The van der Waals surface area contributed by atoms with Crippen LogP contribution in [0.5, 0.6) is 0 Å². The van der Waals surface area contributed by atoms with Crippen LogP contribution in [0.4, 0.5) is 11.4 Å². The molecule has 0 saturated heterocycles. The number of amides is 2. The van der Waals surface area contributed by atoms with Gasteiger partial charge >= 0.3 is 0 Å². The van der Waals surface area contributed by atoms with Crippen molar-refractivity contribution in [3.63, 3.8) is 0 Å². The monoisotopic (exact) mass is 379 g/mol. The number of halogens is 1. The lowest BCUT2D eigenvalue weighted by Gasteiger charge is -2.10. The number of hydrogen-bond donors (Lipinski definition) is 2. The first-order chi connectivity index (χ1) is 12.9. The van der Waals surface area contributed by atoms with E-state index in [4.69, 9.17) is 11.6 Å². The van der Waals surface area contributed by atoms with Gasteiger partial charge in [-0.05, 0) is 55.8 Å². The molecule has 3 aromatic rings. The van der Waals surface area contributed by atoms with Crippen LogP contribution < -0.4 is 10.6 Å². The lowest BCUT2D eigenvalue weighted by Crippen LogP contribution is -2.18. The summed E-state index contributed by atoms with van der Waals surface area (Å²) in [6, 6.07) is 17.4. The minimum absolute atomic E-state index is 0.144. The van der Waals surface area contributed by atoms with Gasteiger partial charge in [0.2, 0.25) is 0 Å². The zero-order chi connectivity index (χ0) is 19.4. The van der Waals surface area contributed by atoms with Crippen LogP contribution >= 0.6 is 11.6 Å². The highest BCUT2D eigenvalue weighted by Crippen LogP contribution is 2.23. The number of aromatic nitrogens is 1. The normalized spacial score (nSPS) is 10.3. The molecule has 0 unspecified atom stereocenters. The standard InChI is InChI=1S/C21H18ClN3O2/c1-13-9-11-15(12-10-13)23-20(26)18-7-4-8-19(24-18)21(27)25-17-6-3-5-16(22)14(17)2/h3-12H,1-2H3,(H,23,26)(H,25,27). The van der Waals surface area contributed by atoms with Crippen LogP contribution in [0, 0.1) is 13.8 Å². The summed E-state index contributed by atoms with van der Waals surface area (Å²) >= 11 is 6.08. The first-order valence-electron chi connectivity index (χ1n) is 8.35. The van der Waals surface area contributed by atoms with Gasteiger partial charge in [0.05, 0.1) is 0 Å². The number of carbonyl (C=O) groups excluding carboxylic acids is 2. The van der Waals surface area contributed by atoms with Gasteiger partial charge in [-0.3, -0.25) is 9.59 Å². The summed E-state index contributed by atoms with van der Waals surface area (Å²) < 4.78 is 0. The summed E-state index contributed by atoms with van der Waals surface area (Å²) in [6.07, 6.45) is 0. The minimum atomic E-state index is -0.412. The molecule has 0 saturated carbocycles. The molecule has 0 bridgehead atoms. The van der Waals surface area contributed by atoms with E-state index in [1.807, 2.05) is 38.1 Å². The van der Waals surface area contributed by atoms with Crippen molar-refractivity contribution < 1.29 is 9.59 Å². The van der Waals surface area contributed by atoms with Crippen molar-refractivity contribution in [3.05, 3.63) is 88.2 Å². The Kier molecular flexibility index (Phi) is 5.52. The Morgan fingerprint density at radius 2 is 1.41 bits per heavy atom. The van der Waals surface area contributed by atoms with E-state index in [9.17, 15) is 9.59 Å². The zero-order valence-corrected chi connectivity index (χ0v) is 15.7. The summed E-state index contributed by atoms with van der Waals surface area (Å²) in [5.41, 5.74) is 3.43. The van der Waals surface area contributed by atoms with Crippen molar-refractivity contribution in [2.24, 2.45) is 0 Å². The molecular weight excluding hydrogens is 362 g/mol. The topological polar surface area (TPSA) is 71.1 Å². The van der Waals surface area contributed by atoms with E-state index in [2.05, 4.69) is 15.6 Å². The molecule has 136 valence electrons. The largest absolute Gasteiger partial charge is 0.321 e. The van der Waals surface area contributed by atoms with E-state index in [1.54, 1.807) is 36.4 Å². The molecule has 0 fully saturated rings. The fourth-order valence-electron chi connectivity index (χ4n) is 2.45. The molecule has 0 spiro atoms. The maximum absolute atomic E-state index is 12.5. The molecule has 27 heavy (non-hydrogen) atoms. The van der Waals surface area contributed by atoms with Gasteiger partial charge in [-0.2, -0.15) is 0 Å². The van der Waals surface area contributed by atoms with Gasteiger partial charge < -0.3 is 10.6 Å². The van der Waals surface area contributed by atoms with Crippen molar-refractivity contribution in [3.8, 4) is 0 Å². The molecule has 2 N–H and O–H groups in total. The summed E-state index contributed by atoms with van der Waals surface area (Å²) in [5.74, 6) is -0.794. The molecular formula is C21H18ClN3O2. The predicted molar refractivity (Wildman–Crippen MR) is 108 cm³/mol. The molecule has 0 radical (unpaired) electrons. The Balaban J connectivity index is 1.76. The van der Waals surface area contributed by atoms with E-state index in [1.165, 1.54) is 0 Å². The quantitative estimate of drug-likeness (QED) is 0.680. The fourth-order valence-corrected chi connectivity index (χ4v) is 2.62. The number of nitrogens with zero attached hydrogens (tertiary/aromatic N) is 1. The van der Waals surface area contributed by atoms with Crippen LogP contribution in [0.3, 0.4) is 0 Å². The minimum Gasteiger partial charge on any atom is -0.321 e. The molecule has 5 nitrogen and oxygen atoms in total. The third-order valence-corrected chi connectivity index (χ3v) is 4.45. The van der Waals surface area contributed by atoms with E-state index in [0.29, 0.717) is 16.4 Å². The summed E-state index contributed by atoms with van der Waals surface area (Å²) in [4.78, 5) is 29.1. The molecule has 3 rings (SSSR count). The number of anilines is 2. The molecule has 0 atom stereocenters. The first kappa shape index (κ1) is 18.6. The average Bonchev–Trinajstić information content (AvgIpc) is 2.67. The molecule has 1 heterocycles. The third-order valence-electron chi connectivity index (χ3n) is 4.04. The van der Waals surface area contributed by atoms with Gasteiger partial charge in [-0.1, -0.05) is 41.4 Å². The molecule has 2 aromatic carbocycles. The first-order valence-corrected chi connectivity index (χ1v) is 8.73. The highest BCUT2D eigenvalue weighted by molar-refractivity contribution is 6.31. The number of nitrogens with one attached hydrogen (secondary N) is 2. The molecule has 6 heteroatoms. The van der Waals surface area contributed by atoms with Gasteiger partial charge in [0.1, 0.15) is 11.4 Å². The average molecular weight is 380 g/mol. The maximum atomic E-state index is 12.5. The second kappa shape index (κ2) is 8.01. The summed E-state index contributed by atoms with van der Waals surface area (Å²) in [6.45, 7) is 3.79. The number of pyridine rings is 1.